The quantitative estimate of drug-likeness (QED) is 0.863. The number of likely N-dealkylation sites (tertiary alicyclic amines) is 1. The Bertz CT molecular complexity index is 527. The van der Waals surface area contributed by atoms with Gasteiger partial charge in [0.15, 0.2) is 0 Å². The maximum Gasteiger partial charge on any atom is 0.252 e. The van der Waals surface area contributed by atoms with Crippen molar-refractivity contribution in [2.24, 2.45) is 0 Å². The number of anilines is 1. The Hall–Kier alpha value is -1.89. The minimum Gasteiger partial charge on any atom is -0.372 e. The predicted molar refractivity (Wildman–Crippen MR) is 82.5 cm³/mol. The second-order valence-electron chi connectivity index (χ2n) is 5.88. The number of nitrogens with one attached hydrogen (secondary N) is 2. The summed E-state index contributed by atoms with van der Waals surface area (Å²) in [5, 5.41) is 9.55. The lowest BCUT2D eigenvalue weighted by Gasteiger charge is -2.23. The van der Waals surface area contributed by atoms with Crippen molar-refractivity contribution in [3.63, 3.8) is 0 Å². The highest BCUT2D eigenvalue weighted by Gasteiger charge is 2.28. The number of rotatable bonds is 5. The van der Waals surface area contributed by atoms with Crippen LogP contribution in [0.4, 0.5) is 5.82 Å². The molecule has 1 aromatic rings. The molecule has 1 aromatic heterocycles. The summed E-state index contributed by atoms with van der Waals surface area (Å²) in [5.41, 5.74) is 0.949. The lowest BCUT2D eigenvalue weighted by Crippen LogP contribution is -2.43. The van der Waals surface area contributed by atoms with Gasteiger partial charge in [-0.15, -0.1) is 0 Å². The van der Waals surface area contributed by atoms with Gasteiger partial charge in [-0.1, -0.05) is 13.8 Å². The Labute approximate surface area is 130 Å². The molecule has 1 aliphatic rings. The molecule has 0 saturated carbocycles. The SMILES string of the molecule is COC1CCCCN(CC(=O)Nc2[nH]ncc2C(C)C)C1=O. The number of aromatic nitrogens is 2. The third-order valence-corrected chi connectivity index (χ3v) is 3.91. The first-order chi connectivity index (χ1) is 10.5. The molecule has 2 N–H and O–H groups in total. The van der Waals surface area contributed by atoms with E-state index in [0.29, 0.717) is 18.8 Å². The summed E-state index contributed by atoms with van der Waals surface area (Å²) < 4.78 is 5.21. The average Bonchev–Trinajstić information content (AvgIpc) is 2.86. The van der Waals surface area contributed by atoms with Gasteiger partial charge in [0.1, 0.15) is 11.9 Å². The van der Waals surface area contributed by atoms with E-state index in [1.807, 2.05) is 13.8 Å². The molecule has 0 bridgehead atoms. The van der Waals surface area contributed by atoms with Crippen LogP contribution in [0.3, 0.4) is 0 Å². The largest absolute Gasteiger partial charge is 0.372 e. The molecule has 0 aliphatic carbocycles. The van der Waals surface area contributed by atoms with Gasteiger partial charge in [-0.05, 0) is 25.2 Å². The average molecular weight is 308 g/mol. The van der Waals surface area contributed by atoms with Crippen LogP contribution in [0.1, 0.15) is 44.6 Å². The normalized spacial score (nSPS) is 19.4. The molecule has 1 fully saturated rings. The summed E-state index contributed by atoms with van der Waals surface area (Å²) in [7, 11) is 1.53. The van der Waals surface area contributed by atoms with Crippen molar-refractivity contribution in [1.82, 2.24) is 15.1 Å². The maximum absolute atomic E-state index is 12.3. The number of ether oxygens (including phenoxy) is 1. The van der Waals surface area contributed by atoms with Crippen molar-refractivity contribution in [2.75, 3.05) is 25.5 Å². The van der Waals surface area contributed by atoms with Crippen molar-refractivity contribution >= 4 is 17.6 Å². The van der Waals surface area contributed by atoms with Gasteiger partial charge in [0.25, 0.3) is 5.91 Å². The third kappa shape index (κ3) is 3.85. The summed E-state index contributed by atoms with van der Waals surface area (Å²) in [6.07, 6.45) is 3.80. The van der Waals surface area contributed by atoms with E-state index in [9.17, 15) is 9.59 Å². The molecule has 1 atom stereocenters. The number of aromatic amines is 1. The van der Waals surface area contributed by atoms with E-state index < -0.39 is 6.10 Å². The summed E-state index contributed by atoms with van der Waals surface area (Å²) in [5.74, 6) is 0.525. The van der Waals surface area contributed by atoms with E-state index in [1.54, 1.807) is 11.1 Å². The molecular formula is C15H24N4O3. The van der Waals surface area contributed by atoms with Gasteiger partial charge in [0.2, 0.25) is 5.91 Å². The molecule has 0 spiro atoms. The van der Waals surface area contributed by atoms with Crippen LogP contribution in [0.5, 0.6) is 0 Å². The lowest BCUT2D eigenvalue weighted by molar-refractivity contribution is -0.143. The van der Waals surface area contributed by atoms with Gasteiger partial charge in [-0.25, -0.2) is 0 Å². The number of carbonyl (C=O) groups excluding carboxylic acids is 2. The highest BCUT2D eigenvalue weighted by atomic mass is 16.5. The summed E-state index contributed by atoms with van der Waals surface area (Å²) in [4.78, 5) is 26.1. The van der Waals surface area contributed by atoms with Gasteiger partial charge in [0, 0.05) is 19.2 Å². The predicted octanol–water partition coefficient (Wildman–Crippen LogP) is 1.50. The molecule has 122 valence electrons. The van der Waals surface area contributed by atoms with Crippen LogP contribution in [-0.2, 0) is 14.3 Å². The zero-order valence-electron chi connectivity index (χ0n) is 13.4. The molecule has 22 heavy (non-hydrogen) atoms. The first-order valence-electron chi connectivity index (χ1n) is 7.67. The van der Waals surface area contributed by atoms with Gasteiger partial charge >= 0.3 is 0 Å². The molecule has 1 aliphatic heterocycles. The number of methoxy groups -OCH3 is 1. The van der Waals surface area contributed by atoms with Crippen LogP contribution >= 0.6 is 0 Å². The fraction of sp³-hybridized carbons (Fsp3) is 0.667. The molecule has 7 nitrogen and oxygen atoms in total. The third-order valence-electron chi connectivity index (χ3n) is 3.91. The van der Waals surface area contributed by atoms with E-state index in [4.69, 9.17) is 4.74 Å². The second kappa shape index (κ2) is 7.40. The van der Waals surface area contributed by atoms with Crippen LogP contribution in [0.2, 0.25) is 0 Å². The first kappa shape index (κ1) is 16.5. The standard InChI is InChI=1S/C15H24N4O3/c1-10(2)11-8-16-18-14(11)17-13(20)9-19-7-5-4-6-12(22-3)15(19)21/h8,10,12H,4-7,9H2,1-3H3,(H2,16,17,18,20). The number of carbonyl (C=O) groups is 2. The van der Waals surface area contributed by atoms with Crippen LogP contribution in [0.15, 0.2) is 6.20 Å². The first-order valence-corrected chi connectivity index (χ1v) is 7.67. The van der Waals surface area contributed by atoms with Crippen LogP contribution in [-0.4, -0.2) is 53.2 Å². The number of hydrogen-bond donors (Lipinski definition) is 2. The van der Waals surface area contributed by atoms with E-state index in [1.165, 1.54) is 7.11 Å². The molecular weight excluding hydrogens is 284 g/mol. The smallest absolute Gasteiger partial charge is 0.252 e. The van der Waals surface area contributed by atoms with Gasteiger partial charge in [0.05, 0.1) is 12.7 Å². The Morgan fingerprint density at radius 1 is 1.55 bits per heavy atom. The van der Waals surface area contributed by atoms with Crippen LogP contribution < -0.4 is 5.32 Å². The zero-order chi connectivity index (χ0) is 16.1. The number of hydrogen-bond acceptors (Lipinski definition) is 4. The number of amides is 2. The minimum absolute atomic E-state index is 0.0370. The highest BCUT2D eigenvalue weighted by Crippen LogP contribution is 2.21. The van der Waals surface area contributed by atoms with Crippen molar-refractivity contribution in [3.05, 3.63) is 11.8 Å². The summed E-state index contributed by atoms with van der Waals surface area (Å²) in [6.45, 7) is 4.69. The van der Waals surface area contributed by atoms with Gasteiger partial charge in [-0.3, -0.25) is 14.7 Å². The molecule has 2 amide bonds. The Balaban J connectivity index is 1.98. The van der Waals surface area contributed by atoms with Gasteiger partial charge < -0.3 is 15.0 Å². The van der Waals surface area contributed by atoms with E-state index >= 15 is 0 Å². The summed E-state index contributed by atoms with van der Waals surface area (Å²) >= 11 is 0. The van der Waals surface area contributed by atoms with E-state index in [-0.39, 0.29) is 24.3 Å². The Kier molecular flexibility index (Phi) is 5.54. The van der Waals surface area contributed by atoms with Crippen molar-refractivity contribution in [2.45, 2.75) is 45.1 Å². The number of H-pyrrole nitrogens is 1. The molecule has 1 saturated heterocycles. The topological polar surface area (TPSA) is 87.3 Å². The maximum atomic E-state index is 12.3. The lowest BCUT2D eigenvalue weighted by atomic mass is 10.1. The van der Waals surface area contributed by atoms with Crippen LogP contribution in [0.25, 0.3) is 0 Å². The zero-order valence-corrected chi connectivity index (χ0v) is 13.4. The highest BCUT2D eigenvalue weighted by molar-refractivity contribution is 5.95. The second-order valence-corrected chi connectivity index (χ2v) is 5.88. The van der Waals surface area contributed by atoms with Gasteiger partial charge in [-0.2, -0.15) is 5.10 Å². The van der Waals surface area contributed by atoms with E-state index in [0.717, 1.165) is 18.4 Å². The molecule has 7 heteroatoms. The van der Waals surface area contributed by atoms with Crippen LogP contribution in [0, 0.1) is 0 Å². The summed E-state index contributed by atoms with van der Waals surface area (Å²) in [6, 6.07) is 0. The monoisotopic (exact) mass is 308 g/mol. The molecule has 2 heterocycles. The van der Waals surface area contributed by atoms with E-state index in [2.05, 4.69) is 15.5 Å². The fourth-order valence-electron chi connectivity index (χ4n) is 2.63. The number of nitrogens with zero attached hydrogens (tertiary/aromatic N) is 2. The van der Waals surface area contributed by atoms with Crippen molar-refractivity contribution < 1.29 is 14.3 Å². The molecule has 0 aromatic carbocycles. The fourth-order valence-corrected chi connectivity index (χ4v) is 2.63. The Morgan fingerprint density at radius 3 is 3.00 bits per heavy atom. The minimum atomic E-state index is -0.436. The molecule has 2 rings (SSSR count). The van der Waals surface area contributed by atoms with Crippen molar-refractivity contribution in [1.29, 1.82) is 0 Å². The Morgan fingerprint density at radius 2 is 2.32 bits per heavy atom. The molecule has 1 unspecified atom stereocenters. The van der Waals surface area contributed by atoms with Crippen molar-refractivity contribution in [3.8, 4) is 0 Å². The molecule has 0 radical (unpaired) electrons.